The van der Waals surface area contributed by atoms with Gasteiger partial charge < -0.3 is 69.5 Å². The van der Waals surface area contributed by atoms with Crippen molar-refractivity contribution >= 4 is 159 Å². The predicted molar refractivity (Wildman–Crippen MR) is 468 cm³/mol. The summed E-state index contributed by atoms with van der Waals surface area (Å²) in [5, 5.41) is 40.5. The number of rotatable bonds is 19. The van der Waals surface area contributed by atoms with Gasteiger partial charge in [0.25, 0.3) is 0 Å². The highest BCUT2D eigenvalue weighted by atomic mass is 35.5. The first kappa shape index (κ1) is 86.5. The van der Waals surface area contributed by atoms with E-state index in [0.717, 1.165) is 26.9 Å². The summed E-state index contributed by atoms with van der Waals surface area (Å²) in [5.74, 6) is 0.0107. The lowest BCUT2D eigenvalue weighted by Crippen LogP contribution is -2.49. The van der Waals surface area contributed by atoms with Gasteiger partial charge in [0.2, 0.25) is 41.4 Å². The number of halogens is 6. The molecule has 6 heterocycles. The summed E-state index contributed by atoms with van der Waals surface area (Å²) in [6, 6.07) is 36.3. The second kappa shape index (κ2) is 37.5. The van der Waals surface area contributed by atoms with Gasteiger partial charge in [0, 0.05) is 200 Å². The SMILES string of the molecule is CC(=O)N1CCN(c2nc(CCCC(=O)N(C)C)nc3c(F)c(-c4cc(O)cc5ccccc45)c(Cl)cc23)CC1.CC(=O)N1CCN(c2nc(OCCC(=O)N(C)C)nc3c(F)c(-c4cc(O)cc5ccccc45)c(Cl)cc23)CC1.CCC(=O)N1CCN(c2nc(NCCC(=O)N(C)C)nc3c(F)c(-c4cc(O)cc5ccccc45)c(Cl)cc23)CC1. The van der Waals surface area contributed by atoms with Gasteiger partial charge in [0.05, 0.1) is 21.5 Å². The number of phenolic OH excluding ortho intramolecular Hbond substituents is 3. The lowest BCUT2D eigenvalue weighted by atomic mass is 9.96. The van der Waals surface area contributed by atoms with Crippen molar-refractivity contribution in [3.8, 4) is 56.6 Å². The summed E-state index contributed by atoms with van der Waals surface area (Å²) in [5.41, 5.74) is 1.91. The smallest absolute Gasteiger partial charge is 0.319 e. The number of piperazine rings is 3. The van der Waals surface area contributed by atoms with E-state index in [4.69, 9.17) is 49.5 Å². The number of fused-ring (bicyclic) bond motifs is 6. The fourth-order valence-corrected chi connectivity index (χ4v) is 16.1. The quantitative estimate of drug-likeness (QED) is 0.0585. The molecule has 9 aromatic carbocycles. The number of nitrogens with one attached hydrogen (secondary N) is 1. The van der Waals surface area contributed by atoms with E-state index in [2.05, 4.69) is 25.3 Å². The van der Waals surface area contributed by atoms with Crippen molar-refractivity contribution in [2.45, 2.75) is 59.3 Å². The molecule has 0 saturated carbocycles. The van der Waals surface area contributed by atoms with Crippen LogP contribution >= 0.6 is 34.8 Å². The maximum Gasteiger partial charge on any atom is 0.319 e. The zero-order valence-corrected chi connectivity index (χ0v) is 70.7. The second-order valence-corrected chi connectivity index (χ2v) is 31.6. The Morgan fingerprint density at radius 2 is 0.802 bits per heavy atom. The second-order valence-electron chi connectivity index (χ2n) is 30.3. The molecule has 12 aromatic rings. The minimum Gasteiger partial charge on any atom is -0.508 e. The minimum atomic E-state index is -0.682. The number of anilines is 4. The Hall–Kier alpha value is -12.3. The Bertz CT molecular complexity index is 5790. The molecule has 26 nitrogen and oxygen atoms in total. The van der Waals surface area contributed by atoms with Crippen LogP contribution in [-0.2, 0) is 35.2 Å². The summed E-state index contributed by atoms with van der Waals surface area (Å²) in [6.07, 6.45) is 1.98. The zero-order chi connectivity index (χ0) is 86.4. The van der Waals surface area contributed by atoms with Crippen molar-refractivity contribution < 1.29 is 62.0 Å². The summed E-state index contributed by atoms with van der Waals surface area (Å²) < 4.78 is 55.3. The highest BCUT2D eigenvalue weighted by molar-refractivity contribution is 6.36. The molecule has 3 aliphatic heterocycles. The van der Waals surface area contributed by atoms with E-state index in [0.29, 0.717) is 166 Å². The summed E-state index contributed by atoms with van der Waals surface area (Å²) in [4.78, 5) is 116. The first-order valence-corrected chi connectivity index (χ1v) is 40.8. The number of ether oxygens (including phenoxy) is 1. The Labute approximate surface area is 711 Å². The number of benzene rings is 9. The molecule has 3 aliphatic rings. The Balaban J connectivity index is 0.000000157. The van der Waals surface area contributed by atoms with Gasteiger partial charge in [-0.3, -0.25) is 28.8 Å². The first-order valence-electron chi connectivity index (χ1n) is 39.7. The molecule has 3 saturated heterocycles. The predicted octanol–water partition coefficient (Wildman–Crippen LogP) is 14.4. The molecule has 0 unspecified atom stereocenters. The van der Waals surface area contributed by atoms with Crippen LogP contribution in [0.1, 0.15) is 58.7 Å². The van der Waals surface area contributed by atoms with Crippen LogP contribution in [0.5, 0.6) is 23.3 Å². The van der Waals surface area contributed by atoms with Gasteiger partial charge in [0.1, 0.15) is 63.7 Å². The third-order valence-corrected chi connectivity index (χ3v) is 22.6. The molecule has 0 atom stereocenters. The van der Waals surface area contributed by atoms with Gasteiger partial charge in [-0.25, -0.2) is 28.1 Å². The van der Waals surface area contributed by atoms with Crippen molar-refractivity contribution in [2.24, 2.45) is 0 Å². The van der Waals surface area contributed by atoms with Crippen LogP contribution in [0.3, 0.4) is 0 Å². The summed E-state index contributed by atoms with van der Waals surface area (Å²) >= 11 is 20.3. The van der Waals surface area contributed by atoms with Crippen LogP contribution in [0.15, 0.2) is 127 Å². The fourth-order valence-electron chi connectivity index (χ4n) is 15.2. The first-order chi connectivity index (χ1) is 57.9. The molecule has 15 rings (SSSR count). The van der Waals surface area contributed by atoms with Crippen LogP contribution in [0.25, 0.3) is 98.4 Å². The van der Waals surface area contributed by atoms with E-state index in [1.165, 1.54) is 39.8 Å². The molecular formula is C89H92Cl3F3N16O10. The van der Waals surface area contributed by atoms with Gasteiger partial charge in [-0.05, 0) is 110 Å². The van der Waals surface area contributed by atoms with Crippen LogP contribution in [-0.4, -0.2) is 244 Å². The van der Waals surface area contributed by atoms with E-state index in [1.54, 1.807) is 95.4 Å². The van der Waals surface area contributed by atoms with E-state index in [1.807, 2.05) is 99.3 Å². The molecule has 3 aromatic heterocycles. The molecule has 630 valence electrons. The molecule has 121 heavy (non-hydrogen) atoms. The van der Waals surface area contributed by atoms with Gasteiger partial charge >= 0.3 is 6.01 Å². The lowest BCUT2D eigenvalue weighted by Gasteiger charge is -2.36. The zero-order valence-electron chi connectivity index (χ0n) is 68.4. The maximum absolute atomic E-state index is 16.6. The van der Waals surface area contributed by atoms with Gasteiger partial charge in [-0.2, -0.15) is 15.0 Å². The number of amides is 6. The average Bonchev–Trinajstić information content (AvgIpc) is 0.753. The van der Waals surface area contributed by atoms with Gasteiger partial charge in [-0.15, -0.1) is 0 Å². The van der Waals surface area contributed by atoms with Crippen LogP contribution in [0, 0.1) is 17.5 Å². The number of carbonyl (C=O) groups is 6. The van der Waals surface area contributed by atoms with Crippen molar-refractivity contribution in [3.63, 3.8) is 0 Å². The van der Waals surface area contributed by atoms with E-state index in [9.17, 15) is 44.1 Å². The van der Waals surface area contributed by atoms with Crippen molar-refractivity contribution in [1.29, 1.82) is 0 Å². The van der Waals surface area contributed by atoms with E-state index < -0.39 is 17.5 Å². The standard InChI is InChI=1S/C30H32ClFN6O3.C30H31ClFN5O3.C29H29ClFN5O4/c1-4-24(40)37-11-13-38(14-12-37)29-22-17-23(31)26(21-16-19(39)15-18-7-5-6-8-20(18)21)27(32)28(22)34-30(35-29)33-10-9-25(41)36(2)3;1-18(38)36-11-13-37(14-12-36)30-23-17-24(31)27(22-16-20(39)15-19-7-4-5-8-21(19)22)28(32)29(23)33-25(34-30)9-6-10-26(40)35(2)3;1-17(37)35-9-11-36(12-10-35)28-22-16-23(30)25(21-15-19(38)14-18-6-4-5-7-20(18)21)26(31)27(22)32-29(33-28)40-13-8-24(39)34(2)3/h5-8,15-17,39H,4,9-14H2,1-3H3,(H,33,34,35);4-5,7-8,15-17,39H,6,9-14H2,1-3H3;4-7,14-16,38H,8-13H2,1-3H3. The number of carbonyl (C=O) groups excluding carboxylic acids is 6. The molecule has 4 N–H and O–H groups in total. The number of phenols is 3. The van der Waals surface area contributed by atoms with Crippen molar-refractivity contribution in [2.75, 3.05) is 154 Å². The lowest BCUT2D eigenvalue weighted by molar-refractivity contribution is -0.131. The van der Waals surface area contributed by atoms with Crippen LogP contribution in [0.4, 0.5) is 36.6 Å². The molecule has 0 spiro atoms. The topological polar surface area (TPSA) is 291 Å². The molecule has 0 aliphatic carbocycles. The number of nitrogens with zero attached hydrogens (tertiary/aromatic N) is 15. The fraction of sp³-hybridized carbons (Fsp3) is 0.326. The number of aromatic hydroxyl groups is 3. The monoisotopic (exact) mass is 1710 g/mol. The molecule has 6 amide bonds. The summed E-state index contributed by atoms with van der Waals surface area (Å²) in [7, 11) is 10.1. The van der Waals surface area contributed by atoms with Gasteiger partial charge in [0.15, 0.2) is 17.5 Å². The number of hydrogen-bond acceptors (Lipinski definition) is 20. The number of aromatic nitrogens is 6. The van der Waals surface area contributed by atoms with E-state index in [-0.39, 0.29) is 139 Å². The van der Waals surface area contributed by atoms with Crippen LogP contribution in [0.2, 0.25) is 15.1 Å². The third kappa shape index (κ3) is 19.1. The third-order valence-electron chi connectivity index (χ3n) is 21.7. The molecule has 0 bridgehead atoms. The number of aryl methyl sites for hydroxylation is 1. The Morgan fingerprint density at radius 3 is 1.21 bits per heavy atom. The molecule has 32 heteroatoms. The highest BCUT2D eigenvalue weighted by Crippen LogP contribution is 2.47. The highest BCUT2D eigenvalue weighted by Gasteiger charge is 2.32. The number of hydrogen-bond donors (Lipinski definition) is 4. The minimum absolute atomic E-state index is 0.000224. The largest absolute Gasteiger partial charge is 0.508 e. The maximum atomic E-state index is 16.6. The van der Waals surface area contributed by atoms with Gasteiger partial charge in [-0.1, -0.05) is 115 Å². The summed E-state index contributed by atoms with van der Waals surface area (Å²) in [6.45, 7) is 11.3. The normalized spacial score (nSPS) is 13.6. The van der Waals surface area contributed by atoms with Crippen LogP contribution < -0.4 is 24.8 Å². The Kier molecular flexibility index (Phi) is 26.8. The molecular weight excluding hydrogens is 1620 g/mol. The average molecular weight is 1710 g/mol. The van der Waals surface area contributed by atoms with Crippen molar-refractivity contribution in [3.05, 3.63) is 166 Å². The molecule has 0 radical (unpaired) electrons. The van der Waals surface area contributed by atoms with Crippen molar-refractivity contribution in [1.82, 2.24) is 59.3 Å². The molecule has 3 fully saturated rings. The van der Waals surface area contributed by atoms with E-state index >= 15 is 13.2 Å². The Morgan fingerprint density at radius 1 is 0.438 bits per heavy atom.